The monoisotopic (exact) mass is 891 g/mol. The number of imidazole rings is 2. The third-order valence-corrected chi connectivity index (χ3v) is 12.6. The number of aromatic amines is 2. The third-order valence-electron chi connectivity index (χ3n) is 12.6. The van der Waals surface area contributed by atoms with Gasteiger partial charge in [-0.3, -0.25) is 9.59 Å². The summed E-state index contributed by atoms with van der Waals surface area (Å²) < 4.78 is 15.9. The number of ether oxygens (including phenoxy) is 3. The van der Waals surface area contributed by atoms with Crippen molar-refractivity contribution in [2.45, 2.75) is 82.6 Å². The van der Waals surface area contributed by atoms with Gasteiger partial charge in [-0.15, -0.1) is 0 Å². The second-order valence-electron chi connectivity index (χ2n) is 17.3. The Morgan fingerprint density at radius 1 is 0.773 bits per heavy atom. The topological polar surface area (TPSA) is 197 Å². The molecule has 0 saturated carbocycles. The lowest BCUT2D eigenvalue weighted by atomic mass is 10.0. The van der Waals surface area contributed by atoms with Crippen LogP contribution in [0.5, 0.6) is 0 Å². The number of benzene rings is 3. The Hall–Kier alpha value is -7.25. The molecule has 0 radical (unpaired) electrons. The minimum Gasteiger partial charge on any atom is -0.453 e. The molecule has 0 bridgehead atoms. The maximum absolute atomic E-state index is 14.3. The molecule has 16 nitrogen and oxygen atoms in total. The predicted molar refractivity (Wildman–Crippen MR) is 246 cm³/mol. The van der Waals surface area contributed by atoms with Gasteiger partial charge in [-0.1, -0.05) is 56.2 Å². The van der Waals surface area contributed by atoms with Crippen molar-refractivity contribution in [3.63, 3.8) is 0 Å². The summed E-state index contributed by atoms with van der Waals surface area (Å²) in [5, 5.41) is 6.49. The van der Waals surface area contributed by atoms with Gasteiger partial charge < -0.3 is 44.6 Å². The number of likely N-dealkylation sites (tertiary alicyclic amines) is 2. The quantitative estimate of drug-likeness (QED) is 0.102. The smallest absolute Gasteiger partial charge is 0.408 e. The van der Waals surface area contributed by atoms with Gasteiger partial charge in [0.05, 0.1) is 60.8 Å². The lowest BCUT2D eigenvalue weighted by Gasteiger charge is -2.29. The molecular weight excluding hydrogens is 839 g/mol. The maximum atomic E-state index is 14.3. The SMILES string of the molecule is COC(=O)NC(C(=O)N1CCC[C@H]1c1nc2ccc(C#Cc3ccc4cc(-c5cnc([C@@H]6CCCN6C(=O)[C@H](NC(=O)OC6CCOCC6)c6ccccc6)[nH]5)ccc4n3)cc2[nH]1)C(C)C. The minimum absolute atomic E-state index is 0.122. The van der Waals surface area contributed by atoms with Crippen molar-refractivity contribution >= 4 is 45.9 Å². The van der Waals surface area contributed by atoms with Crippen LogP contribution in [0.1, 0.15) is 99.0 Å². The van der Waals surface area contributed by atoms with Crippen molar-refractivity contribution in [3.8, 4) is 23.1 Å². The second kappa shape index (κ2) is 19.5. The van der Waals surface area contributed by atoms with E-state index in [0.717, 1.165) is 64.4 Å². The summed E-state index contributed by atoms with van der Waals surface area (Å²) in [4.78, 5) is 77.9. The summed E-state index contributed by atoms with van der Waals surface area (Å²) >= 11 is 0. The Morgan fingerprint density at radius 3 is 2.27 bits per heavy atom. The van der Waals surface area contributed by atoms with E-state index in [1.54, 1.807) is 16.0 Å². The first-order valence-corrected chi connectivity index (χ1v) is 22.6. The Morgan fingerprint density at radius 2 is 1.52 bits per heavy atom. The van der Waals surface area contributed by atoms with E-state index in [9.17, 15) is 19.2 Å². The van der Waals surface area contributed by atoms with Crippen LogP contribution in [-0.4, -0.2) is 104 Å². The fourth-order valence-corrected chi connectivity index (χ4v) is 9.12. The zero-order valence-corrected chi connectivity index (χ0v) is 37.2. The van der Waals surface area contributed by atoms with E-state index < -0.39 is 24.3 Å². The van der Waals surface area contributed by atoms with Gasteiger partial charge in [-0.2, -0.15) is 0 Å². The van der Waals surface area contributed by atoms with Crippen molar-refractivity contribution < 1.29 is 33.4 Å². The van der Waals surface area contributed by atoms with Crippen LogP contribution in [0.2, 0.25) is 0 Å². The average molecular weight is 892 g/mol. The molecule has 4 amide bonds. The molecule has 4 atom stereocenters. The number of fused-ring (bicyclic) bond motifs is 2. The first-order valence-electron chi connectivity index (χ1n) is 22.6. The summed E-state index contributed by atoms with van der Waals surface area (Å²) in [5.41, 5.74) is 6.20. The van der Waals surface area contributed by atoms with Crippen LogP contribution < -0.4 is 10.6 Å². The van der Waals surface area contributed by atoms with Crippen molar-refractivity contribution in [1.29, 1.82) is 0 Å². The number of hydrogen-bond donors (Lipinski definition) is 4. The molecule has 66 heavy (non-hydrogen) atoms. The van der Waals surface area contributed by atoms with Crippen LogP contribution >= 0.6 is 0 Å². The fraction of sp³-hybridized carbons (Fsp3) is 0.380. The predicted octanol–water partition coefficient (Wildman–Crippen LogP) is 7.26. The van der Waals surface area contributed by atoms with Gasteiger partial charge in [0.1, 0.15) is 35.5 Å². The molecule has 0 aliphatic carbocycles. The largest absolute Gasteiger partial charge is 0.453 e. The highest BCUT2D eigenvalue weighted by Gasteiger charge is 2.39. The average Bonchev–Trinajstić information content (AvgIpc) is 4.19. The Kier molecular flexibility index (Phi) is 13.0. The Bertz CT molecular complexity index is 2810. The summed E-state index contributed by atoms with van der Waals surface area (Å²) in [7, 11) is 1.28. The third kappa shape index (κ3) is 9.57. The number of rotatable bonds is 10. The molecule has 3 aliphatic heterocycles. The van der Waals surface area contributed by atoms with E-state index in [4.69, 9.17) is 29.2 Å². The van der Waals surface area contributed by atoms with Gasteiger partial charge >= 0.3 is 12.2 Å². The zero-order valence-electron chi connectivity index (χ0n) is 37.2. The molecule has 3 aromatic carbocycles. The number of nitrogens with one attached hydrogen (secondary N) is 4. The number of alkyl carbamates (subject to hydrolysis) is 2. The standard InChI is InChI=1S/C50H53N9O7/c1-30(2)43(56-49(62)64-3)47(60)59-24-8-12-42(59)46-53-38-19-14-31(27-39(38)54-46)13-17-35-18-15-33-28-34(16-20-37(33)52-35)40-29-51-45(55-40)41-11-7-23-58(41)48(61)44(32-9-5-4-6-10-32)57-50(63)66-36-21-25-65-26-22-36/h4-6,9-10,14-16,18-20,27-30,36,41-44H,7-8,11-12,21-26H2,1-3H3,(H,51,55)(H,53,54)(H,56,62)(H,57,63)/t41-,42-,43?,44+/m0/s1. The zero-order chi connectivity index (χ0) is 45.7. The number of H-pyrrole nitrogens is 2. The van der Waals surface area contributed by atoms with Crippen LogP contribution in [0.3, 0.4) is 0 Å². The molecule has 6 aromatic rings. The maximum Gasteiger partial charge on any atom is 0.408 e. The number of aromatic nitrogens is 5. The minimum atomic E-state index is -0.916. The molecular formula is C50H53N9O7. The molecule has 3 aromatic heterocycles. The molecule has 9 rings (SSSR count). The number of nitrogens with zero attached hydrogens (tertiary/aromatic N) is 5. The van der Waals surface area contributed by atoms with E-state index in [0.29, 0.717) is 62.1 Å². The molecule has 6 heterocycles. The number of amides is 4. The highest BCUT2D eigenvalue weighted by molar-refractivity contribution is 5.88. The summed E-state index contributed by atoms with van der Waals surface area (Å²) in [6.07, 6.45) is 4.65. The molecule has 16 heteroatoms. The van der Waals surface area contributed by atoms with Gasteiger partial charge in [0.15, 0.2) is 0 Å². The van der Waals surface area contributed by atoms with Crippen molar-refractivity contribution in [2.75, 3.05) is 33.4 Å². The molecule has 0 spiro atoms. The van der Waals surface area contributed by atoms with E-state index >= 15 is 0 Å². The van der Waals surface area contributed by atoms with Crippen LogP contribution in [0.25, 0.3) is 33.2 Å². The number of pyridine rings is 1. The van der Waals surface area contributed by atoms with Crippen molar-refractivity contribution in [1.82, 2.24) is 45.4 Å². The van der Waals surface area contributed by atoms with E-state index in [1.807, 2.05) is 86.6 Å². The normalized spacial score (nSPS) is 18.5. The first kappa shape index (κ1) is 44.0. The lowest BCUT2D eigenvalue weighted by molar-refractivity contribution is -0.136. The molecule has 3 fully saturated rings. The highest BCUT2D eigenvalue weighted by atomic mass is 16.6. The van der Waals surface area contributed by atoms with Crippen molar-refractivity contribution in [2.24, 2.45) is 5.92 Å². The Balaban J connectivity index is 0.868. The van der Waals surface area contributed by atoms with E-state index in [2.05, 4.69) is 38.5 Å². The van der Waals surface area contributed by atoms with Gasteiger partial charge in [0, 0.05) is 42.4 Å². The molecule has 1 unspecified atom stereocenters. The van der Waals surface area contributed by atoms with Crippen LogP contribution in [0.4, 0.5) is 9.59 Å². The lowest BCUT2D eigenvalue weighted by Crippen LogP contribution is -2.51. The van der Waals surface area contributed by atoms with Crippen LogP contribution in [0, 0.1) is 17.8 Å². The number of methoxy groups -OCH3 is 1. The summed E-state index contributed by atoms with van der Waals surface area (Å²) in [5.74, 6) is 7.34. The fourth-order valence-electron chi connectivity index (χ4n) is 9.12. The molecule has 340 valence electrons. The highest BCUT2D eigenvalue weighted by Crippen LogP contribution is 2.35. The van der Waals surface area contributed by atoms with E-state index in [-0.39, 0.29) is 35.9 Å². The van der Waals surface area contributed by atoms with Gasteiger partial charge in [-0.05, 0) is 85.5 Å². The van der Waals surface area contributed by atoms with Gasteiger partial charge in [0.25, 0.3) is 5.91 Å². The first-order chi connectivity index (χ1) is 32.1. The summed E-state index contributed by atoms with van der Waals surface area (Å²) in [6.45, 7) is 5.97. The number of carbonyl (C=O) groups is 4. The van der Waals surface area contributed by atoms with E-state index in [1.165, 1.54) is 7.11 Å². The second-order valence-corrected chi connectivity index (χ2v) is 17.3. The van der Waals surface area contributed by atoms with Crippen LogP contribution in [-0.2, 0) is 23.8 Å². The number of hydrogen-bond acceptors (Lipinski definition) is 10. The molecule has 3 saturated heterocycles. The van der Waals surface area contributed by atoms with Gasteiger partial charge in [-0.25, -0.2) is 24.5 Å². The van der Waals surface area contributed by atoms with Crippen molar-refractivity contribution in [3.05, 3.63) is 114 Å². The molecule has 4 N–H and O–H groups in total. The van der Waals surface area contributed by atoms with Crippen LogP contribution in [0.15, 0.2) is 85.1 Å². The molecule has 3 aliphatic rings. The Labute approximate surface area is 382 Å². The summed E-state index contributed by atoms with van der Waals surface area (Å²) in [6, 6.07) is 22.8. The number of carbonyl (C=O) groups excluding carboxylic acids is 4. The van der Waals surface area contributed by atoms with Gasteiger partial charge in [0.2, 0.25) is 5.91 Å².